The summed E-state index contributed by atoms with van der Waals surface area (Å²) in [7, 11) is 0. The quantitative estimate of drug-likeness (QED) is 0.315. The molecule has 0 radical (unpaired) electrons. The van der Waals surface area contributed by atoms with Crippen LogP contribution in [0.5, 0.6) is 0 Å². The van der Waals surface area contributed by atoms with E-state index in [4.69, 9.17) is 11.6 Å². The lowest BCUT2D eigenvalue weighted by Gasteiger charge is -2.07. The number of fused-ring (bicyclic) bond motifs is 1. The van der Waals surface area contributed by atoms with Crippen molar-refractivity contribution >= 4 is 34.8 Å². The van der Waals surface area contributed by atoms with E-state index >= 15 is 0 Å². The number of aromatic nitrogens is 4. The number of imidazole rings is 1. The maximum atomic E-state index is 12.9. The van der Waals surface area contributed by atoms with Crippen LogP contribution in [0.2, 0.25) is 5.02 Å². The van der Waals surface area contributed by atoms with Crippen LogP contribution in [0.3, 0.4) is 0 Å². The molecule has 1 amide bonds. The van der Waals surface area contributed by atoms with Crippen molar-refractivity contribution in [3.05, 3.63) is 94.9 Å². The highest BCUT2D eigenvalue weighted by Gasteiger charge is 2.50. The summed E-state index contributed by atoms with van der Waals surface area (Å²) in [6.45, 7) is 0.488. The third-order valence-corrected chi connectivity index (χ3v) is 6.76. The lowest BCUT2D eigenvalue weighted by molar-refractivity contribution is -0.117. The first kappa shape index (κ1) is 21.6. The van der Waals surface area contributed by atoms with Gasteiger partial charge in [-0.15, -0.1) is 0 Å². The fraction of sp³-hybridized carbons (Fsp3) is 0.231. The molecule has 2 fully saturated rings. The molecule has 176 valence electrons. The highest BCUT2D eigenvalue weighted by atomic mass is 35.5. The number of aliphatic hydroxyl groups is 1. The van der Waals surface area contributed by atoms with Gasteiger partial charge in [0.05, 0.1) is 24.4 Å². The number of carbonyl (C=O) groups excluding carboxylic acids is 1. The number of rotatable bonds is 7. The molecule has 0 saturated heterocycles. The highest BCUT2D eigenvalue weighted by molar-refractivity contribution is 6.30. The third-order valence-electron chi connectivity index (χ3n) is 6.52. The van der Waals surface area contributed by atoms with E-state index in [1.54, 1.807) is 12.1 Å². The molecule has 0 unspecified atom stereocenters. The van der Waals surface area contributed by atoms with Crippen LogP contribution < -0.4 is 10.6 Å². The van der Waals surface area contributed by atoms with E-state index in [2.05, 4.69) is 48.3 Å². The van der Waals surface area contributed by atoms with Crippen LogP contribution in [-0.4, -0.2) is 30.4 Å². The molecule has 35 heavy (non-hydrogen) atoms. The van der Waals surface area contributed by atoms with Crippen LogP contribution in [0.4, 0.5) is 11.6 Å². The number of benzene rings is 1. The summed E-state index contributed by atoms with van der Waals surface area (Å²) in [4.78, 5) is 26.0. The largest absolute Gasteiger partial charge is 0.516 e. The second-order valence-corrected chi connectivity index (χ2v) is 9.44. The molecule has 0 spiro atoms. The molecular weight excluding hydrogens is 464 g/mol. The van der Waals surface area contributed by atoms with Gasteiger partial charge in [0.1, 0.15) is 23.6 Å². The van der Waals surface area contributed by atoms with Crippen molar-refractivity contribution in [3.8, 4) is 0 Å². The SMILES string of the molecule is O=C(Nc1cc(NCc2cn3cc(C4CC4)ccc3n2)ncn1)[C@H]1/C(=C\O)[C@@H]1c1cccc(Cl)c1. The molecule has 2 aliphatic carbocycles. The topological polar surface area (TPSA) is 104 Å². The van der Waals surface area contributed by atoms with Gasteiger partial charge in [0, 0.05) is 29.4 Å². The normalized spacial score (nSPS) is 20.2. The first-order chi connectivity index (χ1) is 17.1. The molecule has 2 aliphatic rings. The Morgan fingerprint density at radius 2 is 1.97 bits per heavy atom. The van der Waals surface area contributed by atoms with Crippen molar-refractivity contribution in [2.24, 2.45) is 5.92 Å². The van der Waals surface area contributed by atoms with Gasteiger partial charge in [0.15, 0.2) is 0 Å². The summed E-state index contributed by atoms with van der Waals surface area (Å²) in [6, 6.07) is 13.2. The minimum absolute atomic E-state index is 0.200. The maximum absolute atomic E-state index is 12.9. The van der Waals surface area contributed by atoms with Crippen LogP contribution >= 0.6 is 11.6 Å². The van der Waals surface area contributed by atoms with E-state index in [-0.39, 0.29) is 11.8 Å². The fourth-order valence-electron chi connectivity index (χ4n) is 4.54. The predicted octanol–water partition coefficient (Wildman–Crippen LogP) is 5.06. The van der Waals surface area contributed by atoms with Gasteiger partial charge < -0.3 is 20.1 Å². The van der Waals surface area contributed by atoms with Gasteiger partial charge >= 0.3 is 0 Å². The van der Waals surface area contributed by atoms with Gasteiger partial charge in [0.25, 0.3) is 0 Å². The Hall–Kier alpha value is -3.91. The van der Waals surface area contributed by atoms with E-state index in [1.165, 1.54) is 24.7 Å². The Morgan fingerprint density at radius 3 is 2.77 bits per heavy atom. The average molecular weight is 487 g/mol. The lowest BCUT2D eigenvalue weighted by Crippen LogP contribution is -2.16. The third kappa shape index (κ3) is 4.44. The molecule has 3 heterocycles. The Bertz CT molecular complexity index is 1460. The van der Waals surface area contributed by atoms with Crippen LogP contribution in [-0.2, 0) is 11.3 Å². The Balaban J connectivity index is 1.11. The summed E-state index contributed by atoms with van der Waals surface area (Å²) in [5, 5.41) is 16.3. The lowest BCUT2D eigenvalue weighted by atomic mass is 10.1. The smallest absolute Gasteiger partial charge is 0.233 e. The number of halogens is 1. The zero-order chi connectivity index (χ0) is 23.9. The van der Waals surface area contributed by atoms with Crippen LogP contribution in [0.25, 0.3) is 5.65 Å². The fourth-order valence-corrected chi connectivity index (χ4v) is 4.74. The van der Waals surface area contributed by atoms with E-state index < -0.39 is 5.92 Å². The molecular formula is C26H23ClN6O2. The van der Waals surface area contributed by atoms with Crippen molar-refractivity contribution in [3.63, 3.8) is 0 Å². The second-order valence-electron chi connectivity index (χ2n) is 9.01. The number of carbonyl (C=O) groups is 1. The summed E-state index contributed by atoms with van der Waals surface area (Å²) in [5.41, 5.74) is 4.70. The summed E-state index contributed by atoms with van der Waals surface area (Å²) >= 11 is 6.09. The second kappa shape index (κ2) is 8.70. The highest BCUT2D eigenvalue weighted by Crippen LogP contribution is 2.54. The molecule has 0 aliphatic heterocycles. The number of hydrogen-bond acceptors (Lipinski definition) is 6. The summed E-state index contributed by atoms with van der Waals surface area (Å²) in [5.74, 6) is 0.735. The Morgan fingerprint density at radius 1 is 1.11 bits per heavy atom. The summed E-state index contributed by atoms with van der Waals surface area (Å²) < 4.78 is 2.06. The number of nitrogens with one attached hydrogen (secondary N) is 2. The zero-order valence-corrected chi connectivity index (χ0v) is 19.5. The molecule has 4 aromatic rings. The molecule has 8 nitrogen and oxygen atoms in total. The van der Waals surface area contributed by atoms with Crippen molar-refractivity contribution in [2.75, 3.05) is 10.6 Å². The minimum atomic E-state index is -0.469. The van der Waals surface area contributed by atoms with Gasteiger partial charge in [-0.05, 0) is 53.7 Å². The van der Waals surface area contributed by atoms with E-state index in [9.17, 15) is 9.90 Å². The van der Waals surface area contributed by atoms with E-state index in [1.807, 2.05) is 24.4 Å². The monoisotopic (exact) mass is 486 g/mol. The van der Waals surface area contributed by atoms with Crippen LogP contribution in [0.1, 0.15) is 41.5 Å². The molecule has 0 bridgehead atoms. The molecule has 3 N–H and O–H groups in total. The molecule has 6 rings (SSSR count). The van der Waals surface area contributed by atoms with Gasteiger partial charge in [-0.3, -0.25) is 4.79 Å². The predicted molar refractivity (Wildman–Crippen MR) is 134 cm³/mol. The average Bonchev–Trinajstić information content (AvgIpc) is 3.78. The number of pyridine rings is 1. The van der Waals surface area contributed by atoms with Crippen molar-refractivity contribution in [2.45, 2.75) is 31.2 Å². The Labute approximate surface area is 206 Å². The molecule has 9 heteroatoms. The maximum Gasteiger partial charge on any atom is 0.233 e. The van der Waals surface area contributed by atoms with Gasteiger partial charge in [-0.25, -0.2) is 15.0 Å². The number of nitrogens with zero attached hydrogens (tertiary/aromatic N) is 4. The minimum Gasteiger partial charge on any atom is -0.516 e. The first-order valence-corrected chi connectivity index (χ1v) is 11.9. The number of anilines is 2. The van der Waals surface area contributed by atoms with E-state index in [0.29, 0.717) is 34.7 Å². The number of aliphatic hydroxyl groups excluding tert-OH is 1. The van der Waals surface area contributed by atoms with Crippen molar-refractivity contribution < 1.29 is 9.90 Å². The van der Waals surface area contributed by atoms with Crippen LogP contribution in [0.15, 0.2) is 73.0 Å². The van der Waals surface area contributed by atoms with Gasteiger partial charge in [-0.2, -0.15) is 0 Å². The first-order valence-electron chi connectivity index (χ1n) is 11.5. The van der Waals surface area contributed by atoms with Crippen molar-refractivity contribution in [1.29, 1.82) is 0 Å². The van der Waals surface area contributed by atoms with E-state index in [0.717, 1.165) is 23.2 Å². The Kier molecular flexibility index (Phi) is 5.37. The van der Waals surface area contributed by atoms with Gasteiger partial charge in [0.2, 0.25) is 5.91 Å². The molecule has 1 aromatic carbocycles. The molecule has 2 atom stereocenters. The molecule has 2 saturated carbocycles. The standard InChI is InChI=1S/C26H23ClN6O2/c27-18-3-1-2-16(8-18)24-20(13-34)25(24)26(35)32-22-9-21(29-14-30-22)28-10-19-12-33-11-17(15-4-5-15)6-7-23(33)31-19/h1-3,6-9,11-15,24-25,34H,4-5,10H2,(H2,28,29,30,32,35)/b20-13-/t24-,25-/m0/s1. The number of amides is 1. The summed E-state index contributed by atoms with van der Waals surface area (Å²) in [6.07, 6.45) is 9.11. The van der Waals surface area contributed by atoms with Crippen molar-refractivity contribution in [1.82, 2.24) is 19.4 Å². The van der Waals surface area contributed by atoms with Gasteiger partial charge in [-0.1, -0.05) is 29.8 Å². The molecule has 3 aromatic heterocycles. The van der Waals surface area contributed by atoms with Crippen LogP contribution in [0, 0.1) is 5.92 Å². The number of hydrogen-bond donors (Lipinski definition) is 3. The zero-order valence-electron chi connectivity index (χ0n) is 18.7.